The van der Waals surface area contributed by atoms with Crippen molar-refractivity contribution in [3.63, 3.8) is 0 Å². The van der Waals surface area contributed by atoms with Gasteiger partial charge in [-0.1, -0.05) is 5.01 Å². The molecule has 1 rings (SSSR count). The summed E-state index contributed by atoms with van der Waals surface area (Å²) >= 11 is 0. The van der Waals surface area contributed by atoms with E-state index in [4.69, 9.17) is 21.2 Å². The second-order valence-electron chi connectivity index (χ2n) is 1.86. The third kappa shape index (κ3) is 5.15. The van der Waals surface area contributed by atoms with E-state index in [1.807, 2.05) is 11.9 Å². The Morgan fingerprint density at radius 2 is 2.25 bits per heavy atom. The van der Waals surface area contributed by atoms with Gasteiger partial charge in [-0.05, 0) is 6.92 Å². The van der Waals surface area contributed by atoms with Crippen molar-refractivity contribution in [2.45, 2.75) is 6.92 Å². The molecule has 0 aromatic heterocycles. The zero-order chi connectivity index (χ0) is 9.56. The smallest absolute Gasteiger partial charge is 0.356 e. The summed E-state index contributed by atoms with van der Waals surface area (Å²) in [5.74, 6) is 5.29. The Hall–Kier alpha value is -1.66. The van der Waals surface area contributed by atoms with E-state index in [1.54, 1.807) is 0 Å². The van der Waals surface area contributed by atoms with Gasteiger partial charge in [0.15, 0.2) is 6.67 Å². The Bertz CT molecular complexity index is 168. The molecule has 68 valence electrons. The molecule has 0 aliphatic carbocycles. The van der Waals surface area contributed by atoms with E-state index in [2.05, 4.69) is 11.4 Å². The molecule has 0 saturated heterocycles. The number of nitrogens with two attached hydrogens (primary N) is 1. The fourth-order valence-corrected chi connectivity index (χ4v) is 0.531. The molecule has 0 spiro atoms. The molecule has 12 heavy (non-hydrogen) atoms. The highest BCUT2D eigenvalue weighted by molar-refractivity contribution is 5.54. The van der Waals surface area contributed by atoms with E-state index >= 15 is 0 Å². The fraction of sp³-hybridized carbons (Fsp3) is 0.750. The summed E-state index contributed by atoms with van der Waals surface area (Å²) in [5, 5.41) is 21.8. The van der Waals surface area contributed by atoms with Crippen molar-refractivity contribution in [2.24, 2.45) is 10.9 Å². The van der Waals surface area contributed by atoms with Crippen LogP contribution in [0.5, 0.6) is 0 Å². The van der Waals surface area contributed by atoms with Crippen LogP contribution in [0.1, 0.15) is 6.92 Å². The van der Waals surface area contributed by atoms with Crippen molar-refractivity contribution >= 4 is 6.34 Å². The molecule has 2 N–H and O–H groups in total. The van der Waals surface area contributed by atoms with Crippen LogP contribution in [0.2, 0.25) is 0 Å². The van der Waals surface area contributed by atoms with Gasteiger partial charge in [0.1, 0.15) is 5.10 Å². The molecule has 8 heteroatoms. The monoisotopic (exact) mass is 175 g/mol. The fourth-order valence-electron chi connectivity index (χ4n) is 0.531. The van der Waals surface area contributed by atoms with Crippen LogP contribution in [-0.4, -0.2) is 34.7 Å². The van der Waals surface area contributed by atoms with E-state index in [9.17, 15) is 0 Å². The number of hydrogen-bond acceptors (Lipinski definition) is 7. The molecule has 0 atom stereocenters. The predicted molar refractivity (Wildman–Crippen MR) is 41.1 cm³/mol. The minimum atomic E-state index is -1.75. The standard InChI is InChI=1S/C4H9N4.NO3/c1-2-8-4-7(5)3-6-8;2-1(3)4/h2,4-5H2,1H3;/q+1;-1. The lowest BCUT2D eigenvalue weighted by molar-refractivity contribution is -0.402. The molecule has 0 unspecified atom stereocenters. The highest BCUT2D eigenvalue weighted by atomic mass is 16.9. The predicted octanol–water partition coefficient (Wildman–Crippen LogP) is -0.964. The lowest BCUT2D eigenvalue weighted by Gasteiger charge is -2.02. The summed E-state index contributed by atoms with van der Waals surface area (Å²) in [6, 6.07) is 0. The van der Waals surface area contributed by atoms with Gasteiger partial charge in [0.2, 0.25) is 0 Å². The van der Waals surface area contributed by atoms with Crippen molar-refractivity contribution < 1.29 is 5.09 Å². The number of nitrogens with zero attached hydrogens (tertiary/aromatic N) is 4. The lowest BCUT2D eigenvalue weighted by Crippen LogP contribution is -2.31. The molecular weight excluding hydrogens is 166 g/mol. The number of rotatable bonds is 1. The first kappa shape index (κ1) is 10.3. The van der Waals surface area contributed by atoms with Gasteiger partial charge in [0.25, 0.3) is 0 Å². The molecule has 0 saturated carbocycles. The van der Waals surface area contributed by atoms with Crippen molar-refractivity contribution in [1.29, 1.82) is 0 Å². The minimum Gasteiger partial charge on any atom is -0.356 e. The number of hydrazine groups is 1. The molecule has 0 aromatic rings. The summed E-state index contributed by atoms with van der Waals surface area (Å²) in [6.07, 6.45) is 2.58. The number of hydrogen-bond donors (Lipinski definition) is 1. The van der Waals surface area contributed by atoms with E-state index in [0.29, 0.717) is 6.67 Å². The molecule has 0 amide bonds. The first-order valence-corrected chi connectivity index (χ1v) is 3.11. The molecule has 0 fully saturated rings. The summed E-state index contributed by atoms with van der Waals surface area (Å²) < 4.78 is 0. The van der Waals surface area contributed by atoms with Crippen LogP contribution in [0, 0.1) is 15.3 Å². The summed E-state index contributed by atoms with van der Waals surface area (Å²) in [6.45, 7) is 3.57. The molecule has 1 heterocycles. The topological polar surface area (TPSA) is 111 Å². The molecule has 1 aliphatic heterocycles. The quantitative estimate of drug-likeness (QED) is 0.237. The zero-order valence-corrected chi connectivity index (χ0v) is 6.51. The SMILES string of the molecule is CCN1CN(N)[C+]=N1.O=[N+]([O-])[O-]. The van der Waals surface area contributed by atoms with Gasteiger partial charge >= 0.3 is 6.34 Å². The van der Waals surface area contributed by atoms with Crippen LogP contribution in [0.3, 0.4) is 0 Å². The van der Waals surface area contributed by atoms with E-state index in [-0.39, 0.29) is 0 Å². The molecule has 0 radical (unpaired) electrons. The van der Waals surface area contributed by atoms with Crippen LogP contribution < -0.4 is 5.84 Å². The van der Waals surface area contributed by atoms with Crippen LogP contribution >= 0.6 is 0 Å². The van der Waals surface area contributed by atoms with Gasteiger partial charge in [-0.3, -0.25) is 0 Å². The third-order valence-electron chi connectivity index (χ3n) is 0.995. The summed E-state index contributed by atoms with van der Waals surface area (Å²) in [4.78, 5) is 8.25. The maximum Gasteiger partial charge on any atom is 0.561 e. The van der Waals surface area contributed by atoms with E-state index in [0.717, 1.165) is 6.54 Å². The molecule has 8 nitrogen and oxygen atoms in total. The second-order valence-corrected chi connectivity index (χ2v) is 1.86. The highest BCUT2D eigenvalue weighted by Crippen LogP contribution is 1.94. The van der Waals surface area contributed by atoms with Gasteiger partial charge in [-0.2, -0.15) is 0 Å². The van der Waals surface area contributed by atoms with Gasteiger partial charge in [-0.25, -0.2) is 10.9 Å². The average Bonchev–Trinajstić information content (AvgIpc) is 2.34. The zero-order valence-electron chi connectivity index (χ0n) is 6.51. The number of hydrazone groups is 1. The molecule has 0 bridgehead atoms. The first-order chi connectivity index (χ1) is 5.56. The summed E-state index contributed by atoms with van der Waals surface area (Å²) in [5.41, 5.74) is 0. The Kier molecular flexibility index (Phi) is 4.35. The van der Waals surface area contributed by atoms with E-state index < -0.39 is 5.09 Å². The van der Waals surface area contributed by atoms with Crippen LogP contribution in [0.15, 0.2) is 5.10 Å². The normalized spacial score (nSPS) is 13.5. The Balaban J connectivity index is 0.000000261. The van der Waals surface area contributed by atoms with Crippen molar-refractivity contribution in [3.8, 4) is 0 Å². The second kappa shape index (κ2) is 5.05. The van der Waals surface area contributed by atoms with Crippen LogP contribution in [0.25, 0.3) is 0 Å². The van der Waals surface area contributed by atoms with Gasteiger partial charge < -0.3 is 15.3 Å². The highest BCUT2D eigenvalue weighted by Gasteiger charge is 2.22. The van der Waals surface area contributed by atoms with Crippen molar-refractivity contribution in [1.82, 2.24) is 10.0 Å². The van der Waals surface area contributed by atoms with Gasteiger partial charge in [-0.15, -0.1) is 0 Å². The maximum atomic E-state index is 8.25. The Labute approximate surface area is 68.9 Å². The lowest BCUT2D eigenvalue weighted by atomic mass is 10.7. The maximum absolute atomic E-state index is 8.25. The van der Waals surface area contributed by atoms with Gasteiger partial charge in [0.05, 0.1) is 5.09 Å². The minimum absolute atomic E-state index is 0.663. The van der Waals surface area contributed by atoms with Crippen molar-refractivity contribution in [2.75, 3.05) is 13.2 Å². The molecule has 1 aliphatic rings. The largest absolute Gasteiger partial charge is 0.561 e. The first-order valence-electron chi connectivity index (χ1n) is 3.11. The Morgan fingerprint density at radius 1 is 1.75 bits per heavy atom. The van der Waals surface area contributed by atoms with Gasteiger partial charge in [0, 0.05) is 6.54 Å². The summed E-state index contributed by atoms with van der Waals surface area (Å²) in [7, 11) is 0. The van der Waals surface area contributed by atoms with Crippen LogP contribution in [-0.2, 0) is 0 Å². The van der Waals surface area contributed by atoms with E-state index in [1.165, 1.54) is 5.01 Å². The average molecular weight is 175 g/mol. The van der Waals surface area contributed by atoms with Crippen LogP contribution in [0.4, 0.5) is 0 Å². The third-order valence-corrected chi connectivity index (χ3v) is 0.995. The molecule has 0 aromatic carbocycles. The molecular formula is C4H9N5O3. The Morgan fingerprint density at radius 3 is 2.42 bits per heavy atom. The van der Waals surface area contributed by atoms with Crippen molar-refractivity contribution in [3.05, 3.63) is 15.3 Å².